The van der Waals surface area contributed by atoms with Crippen LogP contribution >= 0.6 is 0 Å². The molecule has 3 aromatic carbocycles. The maximum absolute atomic E-state index is 12.2. The summed E-state index contributed by atoms with van der Waals surface area (Å²) in [5, 5.41) is 6.92. The largest absolute Gasteiger partial charge is 0.497 e. The maximum atomic E-state index is 12.2. The van der Waals surface area contributed by atoms with Crippen molar-refractivity contribution in [2.45, 2.75) is 13.5 Å². The Morgan fingerprint density at radius 3 is 2.50 bits per heavy atom. The van der Waals surface area contributed by atoms with Gasteiger partial charge in [-0.3, -0.25) is 4.79 Å². The summed E-state index contributed by atoms with van der Waals surface area (Å²) in [4.78, 5) is 16.7. The molecular weight excluding hydrogens is 406 g/mol. The molecule has 0 saturated heterocycles. The molecule has 0 bridgehead atoms. The van der Waals surface area contributed by atoms with E-state index in [1.807, 2.05) is 73.7 Å². The molecule has 4 rings (SSSR count). The lowest BCUT2D eigenvalue weighted by atomic mass is 10.1. The second kappa shape index (κ2) is 9.78. The van der Waals surface area contributed by atoms with Crippen molar-refractivity contribution in [3.8, 4) is 34.3 Å². The van der Waals surface area contributed by atoms with Crippen LogP contribution in [0.2, 0.25) is 0 Å². The number of rotatable bonds is 8. The number of nitrogens with zero attached hydrogens (tertiary/aromatic N) is 2. The van der Waals surface area contributed by atoms with Crippen LogP contribution in [0.1, 0.15) is 11.1 Å². The van der Waals surface area contributed by atoms with E-state index in [-0.39, 0.29) is 12.5 Å². The Balaban J connectivity index is 1.41. The van der Waals surface area contributed by atoms with Gasteiger partial charge in [0.1, 0.15) is 11.5 Å². The first kappa shape index (κ1) is 21.1. The Kier molecular flexibility index (Phi) is 6.46. The standard InChI is InChI=1S/C25H23N3O4/c1-17-7-9-18(10-8-17)15-26-23(29)16-31-22-6-4-3-5-21(22)25-27-24(28-32-25)19-11-13-20(30-2)14-12-19/h3-14H,15-16H2,1-2H3,(H,26,29). The summed E-state index contributed by atoms with van der Waals surface area (Å²) in [6.07, 6.45) is 0. The summed E-state index contributed by atoms with van der Waals surface area (Å²) in [7, 11) is 1.61. The zero-order valence-electron chi connectivity index (χ0n) is 17.9. The lowest BCUT2D eigenvalue weighted by Gasteiger charge is -2.10. The first-order valence-corrected chi connectivity index (χ1v) is 10.1. The molecule has 1 aromatic heterocycles. The highest BCUT2D eigenvalue weighted by Crippen LogP contribution is 2.30. The number of hydrogen-bond acceptors (Lipinski definition) is 6. The van der Waals surface area contributed by atoms with E-state index >= 15 is 0 Å². The van der Waals surface area contributed by atoms with Crippen LogP contribution in [-0.2, 0) is 11.3 Å². The summed E-state index contributed by atoms with van der Waals surface area (Å²) in [6.45, 7) is 2.35. The average Bonchev–Trinajstić information content (AvgIpc) is 3.33. The maximum Gasteiger partial charge on any atom is 0.262 e. The number of aryl methyl sites for hydroxylation is 1. The summed E-state index contributed by atoms with van der Waals surface area (Å²) < 4.78 is 16.4. The third-order valence-corrected chi connectivity index (χ3v) is 4.86. The number of carbonyl (C=O) groups excluding carboxylic acids is 1. The molecule has 162 valence electrons. The van der Waals surface area contributed by atoms with Gasteiger partial charge in [0.25, 0.3) is 11.8 Å². The van der Waals surface area contributed by atoms with E-state index in [4.69, 9.17) is 14.0 Å². The fraction of sp³-hybridized carbons (Fsp3) is 0.160. The molecule has 0 radical (unpaired) electrons. The molecule has 0 saturated carbocycles. The lowest BCUT2D eigenvalue weighted by molar-refractivity contribution is -0.123. The van der Waals surface area contributed by atoms with Crippen molar-refractivity contribution < 1.29 is 18.8 Å². The fourth-order valence-electron chi connectivity index (χ4n) is 3.06. The summed E-state index contributed by atoms with van der Waals surface area (Å²) in [5.74, 6) is 1.78. The fourth-order valence-corrected chi connectivity index (χ4v) is 3.06. The van der Waals surface area contributed by atoms with Gasteiger partial charge >= 0.3 is 0 Å². The van der Waals surface area contributed by atoms with E-state index in [0.29, 0.717) is 29.6 Å². The van der Waals surface area contributed by atoms with Crippen molar-refractivity contribution in [1.29, 1.82) is 0 Å². The van der Waals surface area contributed by atoms with Crippen molar-refractivity contribution in [1.82, 2.24) is 15.5 Å². The molecule has 0 aliphatic heterocycles. The molecular formula is C25H23N3O4. The number of carbonyl (C=O) groups is 1. The van der Waals surface area contributed by atoms with E-state index in [1.54, 1.807) is 13.2 Å². The molecule has 7 nitrogen and oxygen atoms in total. The van der Waals surface area contributed by atoms with Crippen LogP contribution < -0.4 is 14.8 Å². The molecule has 0 spiro atoms. The number of amides is 1. The van der Waals surface area contributed by atoms with Gasteiger partial charge in [0, 0.05) is 12.1 Å². The zero-order chi connectivity index (χ0) is 22.3. The number of hydrogen-bond donors (Lipinski definition) is 1. The Labute approximate surface area is 186 Å². The predicted molar refractivity (Wildman–Crippen MR) is 120 cm³/mol. The number of ether oxygens (including phenoxy) is 2. The van der Waals surface area contributed by atoms with Crippen molar-refractivity contribution in [2.75, 3.05) is 13.7 Å². The van der Waals surface area contributed by atoms with Gasteiger partial charge < -0.3 is 19.3 Å². The first-order chi connectivity index (χ1) is 15.6. The van der Waals surface area contributed by atoms with Crippen LogP contribution in [0.4, 0.5) is 0 Å². The zero-order valence-corrected chi connectivity index (χ0v) is 17.9. The minimum Gasteiger partial charge on any atom is -0.497 e. The van der Waals surface area contributed by atoms with Crippen LogP contribution in [-0.4, -0.2) is 29.8 Å². The molecule has 0 fully saturated rings. The Bertz CT molecular complexity index is 1180. The Hall–Kier alpha value is -4.13. The van der Waals surface area contributed by atoms with Gasteiger partial charge in [-0.05, 0) is 48.9 Å². The molecule has 1 heterocycles. The van der Waals surface area contributed by atoms with Crippen LogP contribution in [0, 0.1) is 6.92 Å². The molecule has 1 amide bonds. The van der Waals surface area contributed by atoms with Crippen molar-refractivity contribution in [2.24, 2.45) is 0 Å². The molecule has 7 heteroatoms. The second-order valence-electron chi connectivity index (χ2n) is 7.20. The van der Waals surface area contributed by atoms with Crippen molar-refractivity contribution in [3.63, 3.8) is 0 Å². The van der Waals surface area contributed by atoms with Crippen molar-refractivity contribution in [3.05, 3.63) is 83.9 Å². The Morgan fingerprint density at radius 2 is 1.75 bits per heavy atom. The number of benzene rings is 3. The molecule has 1 N–H and O–H groups in total. The minimum atomic E-state index is -0.218. The normalized spacial score (nSPS) is 10.6. The third-order valence-electron chi connectivity index (χ3n) is 4.86. The number of nitrogens with one attached hydrogen (secondary N) is 1. The highest BCUT2D eigenvalue weighted by atomic mass is 16.5. The average molecular weight is 429 g/mol. The van der Waals surface area contributed by atoms with Gasteiger partial charge in [0.2, 0.25) is 5.82 Å². The second-order valence-corrected chi connectivity index (χ2v) is 7.20. The van der Waals surface area contributed by atoms with Crippen LogP contribution in [0.5, 0.6) is 11.5 Å². The van der Waals surface area contributed by atoms with Crippen LogP contribution in [0.3, 0.4) is 0 Å². The SMILES string of the molecule is COc1ccc(-c2noc(-c3ccccc3OCC(=O)NCc3ccc(C)cc3)n2)cc1. The highest BCUT2D eigenvalue weighted by Gasteiger charge is 2.16. The summed E-state index contributed by atoms with van der Waals surface area (Å²) >= 11 is 0. The van der Waals surface area contributed by atoms with Crippen LogP contribution in [0.25, 0.3) is 22.8 Å². The molecule has 0 atom stereocenters. The molecule has 0 aliphatic carbocycles. The smallest absolute Gasteiger partial charge is 0.262 e. The third kappa shape index (κ3) is 5.13. The van der Waals surface area contributed by atoms with Gasteiger partial charge in [-0.15, -0.1) is 0 Å². The van der Waals surface area contributed by atoms with Gasteiger partial charge in [0.05, 0.1) is 12.7 Å². The first-order valence-electron chi connectivity index (χ1n) is 10.1. The van der Waals surface area contributed by atoms with Gasteiger partial charge in [-0.1, -0.05) is 47.1 Å². The highest BCUT2D eigenvalue weighted by molar-refractivity contribution is 5.78. The van der Waals surface area contributed by atoms with E-state index in [2.05, 4.69) is 15.5 Å². The topological polar surface area (TPSA) is 86.5 Å². The van der Waals surface area contributed by atoms with E-state index in [0.717, 1.165) is 16.9 Å². The van der Waals surface area contributed by atoms with Gasteiger partial charge in [-0.2, -0.15) is 4.98 Å². The van der Waals surface area contributed by atoms with Gasteiger partial charge in [-0.25, -0.2) is 0 Å². The van der Waals surface area contributed by atoms with E-state index < -0.39 is 0 Å². The summed E-state index contributed by atoms with van der Waals surface area (Å²) in [6, 6.07) is 22.6. The minimum absolute atomic E-state index is 0.123. The van der Waals surface area contributed by atoms with E-state index in [1.165, 1.54) is 5.56 Å². The molecule has 32 heavy (non-hydrogen) atoms. The molecule has 0 unspecified atom stereocenters. The Morgan fingerprint density at radius 1 is 1.00 bits per heavy atom. The van der Waals surface area contributed by atoms with Gasteiger partial charge in [0.15, 0.2) is 6.61 Å². The van der Waals surface area contributed by atoms with Crippen molar-refractivity contribution >= 4 is 5.91 Å². The molecule has 4 aromatic rings. The van der Waals surface area contributed by atoms with E-state index in [9.17, 15) is 4.79 Å². The van der Waals surface area contributed by atoms with Crippen LogP contribution in [0.15, 0.2) is 77.3 Å². The summed E-state index contributed by atoms with van der Waals surface area (Å²) in [5.41, 5.74) is 3.62. The molecule has 0 aliphatic rings. The number of para-hydroxylation sites is 1. The lowest BCUT2D eigenvalue weighted by Crippen LogP contribution is -2.28. The quantitative estimate of drug-likeness (QED) is 0.446. The number of aromatic nitrogens is 2. The predicted octanol–water partition coefficient (Wildman–Crippen LogP) is 4.42. The number of methoxy groups -OCH3 is 1. The monoisotopic (exact) mass is 429 g/mol.